The zero-order valence-corrected chi connectivity index (χ0v) is 9.30. The molecule has 1 N–H and O–H groups in total. The molecule has 0 aromatic heterocycles. The van der Waals surface area contributed by atoms with Crippen molar-refractivity contribution in [1.82, 2.24) is 5.32 Å². The Morgan fingerprint density at radius 1 is 1.47 bits per heavy atom. The highest BCUT2D eigenvalue weighted by Gasteiger charge is 2.30. The van der Waals surface area contributed by atoms with E-state index >= 15 is 0 Å². The van der Waals surface area contributed by atoms with Gasteiger partial charge in [-0.25, -0.2) is 9.69 Å². The molecule has 0 radical (unpaired) electrons. The molecule has 5 heteroatoms. The molecule has 1 saturated heterocycles. The number of nitrogens with one attached hydrogen (secondary N) is 1. The van der Waals surface area contributed by atoms with Gasteiger partial charge in [-0.1, -0.05) is 6.07 Å². The van der Waals surface area contributed by atoms with Gasteiger partial charge in [-0.15, -0.1) is 0 Å². The lowest BCUT2D eigenvalue weighted by Gasteiger charge is -2.29. The quantitative estimate of drug-likeness (QED) is 0.790. The molecule has 2 rings (SSSR count). The second-order valence-corrected chi connectivity index (χ2v) is 3.95. The van der Waals surface area contributed by atoms with E-state index in [-0.39, 0.29) is 18.4 Å². The number of nitriles is 1. The molecule has 1 unspecified atom stereocenters. The van der Waals surface area contributed by atoms with Crippen molar-refractivity contribution in [2.24, 2.45) is 0 Å². The molecule has 1 fully saturated rings. The van der Waals surface area contributed by atoms with Crippen LogP contribution in [0.5, 0.6) is 0 Å². The average Bonchev–Trinajstić information content (AvgIpc) is 2.28. The van der Waals surface area contributed by atoms with Crippen molar-refractivity contribution < 1.29 is 9.59 Å². The number of rotatable bonds is 1. The third-order valence-corrected chi connectivity index (χ3v) is 2.54. The molecule has 5 nitrogen and oxygen atoms in total. The summed E-state index contributed by atoms with van der Waals surface area (Å²) in [5.41, 5.74) is 0.847. The number of carbonyl (C=O) groups excluding carboxylic acids is 2. The smallest absolute Gasteiger partial charge is 0.328 e. The second kappa shape index (κ2) is 4.26. The lowest BCUT2D eigenvalue weighted by molar-refractivity contribution is -0.118. The molecule has 0 spiro atoms. The van der Waals surface area contributed by atoms with E-state index in [9.17, 15) is 9.59 Å². The summed E-state index contributed by atoms with van der Waals surface area (Å²) in [6.45, 7) is 1.78. The Morgan fingerprint density at radius 2 is 2.24 bits per heavy atom. The zero-order chi connectivity index (χ0) is 12.4. The van der Waals surface area contributed by atoms with Crippen LogP contribution in [0.15, 0.2) is 24.3 Å². The van der Waals surface area contributed by atoms with Gasteiger partial charge < -0.3 is 5.32 Å². The first-order chi connectivity index (χ1) is 8.11. The first-order valence-electron chi connectivity index (χ1n) is 5.25. The number of anilines is 1. The summed E-state index contributed by atoms with van der Waals surface area (Å²) < 4.78 is 0. The van der Waals surface area contributed by atoms with Crippen LogP contribution in [0.2, 0.25) is 0 Å². The van der Waals surface area contributed by atoms with Gasteiger partial charge in [0.25, 0.3) is 0 Å². The number of hydrogen-bond acceptors (Lipinski definition) is 3. The molecule has 1 atom stereocenters. The molecule has 0 bridgehead atoms. The van der Waals surface area contributed by atoms with Gasteiger partial charge in [0.05, 0.1) is 17.3 Å². The van der Waals surface area contributed by atoms with Crippen LogP contribution < -0.4 is 10.2 Å². The number of imide groups is 1. The number of amides is 3. The molecule has 1 aromatic rings. The Morgan fingerprint density at radius 3 is 2.88 bits per heavy atom. The van der Waals surface area contributed by atoms with Crippen molar-refractivity contribution >= 4 is 17.6 Å². The van der Waals surface area contributed by atoms with Crippen LogP contribution in [0.25, 0.3) is 0 Å². The number of carbonyl (C=O) groups is 2. The molecule has 3 amide bonds. The monoisotopic (exact) mass is 229 g/mol. The Kier molecular flexibility index (Phi) is 2.79. The summed E-state index contributed by atoms with van der Waals surface area (Å²) in [4.78, 5) is 24.6. The van der Waals surface area contributed by atoms with Crippen LogP contribution in [0, 0.1) is 11.3 Å². The van der Waals surface area contributed by atoms with Gasteiger partial charge >= 0.3 is 6.03 Å². The van der Waals surface area contributed by atoms with Crippen LogP contribution in [0.1, 0.15) is 18.9 Å². The SMILES string of the molecule is CC1CC(=O)N(c2cccc(C#N)c2)C(=O)N1. The van der Waals surface area contributed by atoms with Crippen LogP contribution in [-0.2, 0) is 4.79 Å². The first-order valence-corrected chi connectivity index (χ1v) is 5.25. The van der Waals surface area contributed by atoms with Crippen molar-refractivity contribution in [3.05, 3.63) is 29.8 Å². The highest BCUT2D eigenvalue weighted by molar-refractivity contribution is 6.16. The summed E-state index contributed by atoms with van der Waals surface area (Å²) in [7, 11) is 0. The third-order valence-electron chi connectivity index (χ3n) is 2.54. The van der Waals surface area contributed by atoms with Gasteiger partial charge in [0.2, 0.25) is 5.91 Å². The summed E-state index contributed by atoms with van der Waals surface area (Å²) in [6, 6.07) is 7.81. The van der Waals surface area contributed by atoms with E-state index in [0.29, 0.717) is 11.3 Å². The largest absolute Gasteiger partial charge is 0.334 e. The van der Waals surface area contributed by atoms with Crippen LogP contribution in [0.3, 0.4) is 0 Å². The maximum absolute atomic E-state index is 11.8. The van der Waals surface area contributed by atoms with Crippen molar-refractivity contribution in [2.45, 2.75) is 19.4 Å². The van der Waals surface area contributed by atoms with Gasteiger partial charge in [0.15, 0.2) is 0 Å². The molecule has 0 aliphatic carbocycles. The zero-order valence-electron chi connectivity index (χ0n) is 9.30. The number of urea groups is 1. The highest BCUT2D eigenvalue weighted by atomic mass is 16.2. The number of benzene rings is 1. The van der Waals surface area contributed by atoms with Gasteiger partial charge in [-0.2, -0.15) is 5.26 Å². The second-order valence-electron chi connectivity index (χ2n) is 3.95. The van der Waals surface area contributed by atoms with Gasteiger partial charge in [-0.05, 0) is 25.1 Å². The van der Waals surface area contributed by atoms with E-state index in [1.165, 1.54) is 6.07 Å². The summed E-state index contributed by atoms with van der Waals surface area (Å²) in [6.07, 6.45) is 0.266. The van der Waals surface area contributed by atoms with Crippen LogP contribution in [-0.4, -0.2) is 18.0 Å². The minimum absolute atomic E-state index is 0.148. The van der Waals surface area contributed by atoms with Crippen LogP contribution in [0.4, 0.5) is 10.5 Å². The molecule has 1 heterocycles. The first kappa shape index (κ1) is 11.1. The molecule has 1 aliphatic rings. The topological polar surface area (TPSA) is 73.2 Å². The molecule has 1 aromatic carbocycles. The van der Waals surface area contributed by atoms with Crippen molar-refractivity contribution in [1.29, 1.82) is 5.26 Å². The summed E-state index contributed by atoms with van der Waals surface area (Å²) in [5, 5.41) is 11.5. The molecule has 0 saturated carbocycles. The van der Waals surface area contributed by atoms with Gasteiger partial charge in [0.1, 0.15) is 0 Å². The van der Waals surface area contributed by atoms with Crippen molar-refractivity contribution in [3.63, 3.8) is 0 Å². The highest BCUT2D eigenvalue weighted by Crippen LogP contribution is 2.20. The molecular weight excluding hydrogens is 218 g/mol. The summed E-state index contributed by atoms with van der Waals surface area (Å²) >= 11 is 0. The fraction of sp³-hybridized carbons (Fsp3) is 0.250. The molecular formula is C12H11N3O2. The number of nitrogens with zero attached hydrogens (tertiary/aromatic N) is 2. The Labute approximate surface area is 98.6 Å². The lowest BCUT2D eigenvalue weighted by Crippen LogP contribution is -2.54. The van der Waals surface area contributed by atoms with E-state index < -0.39 is 6.03 Å². The predicted octanol–water partition coefficient (Wildman–Crippen LogP) is 1.39. The molecule has 17 heavy (non-hydrogen) atoms. The Hall–Kier alpha value is -2.35. The fourth-order valence-electron chi connectivity index (χ4n) is 1.77. The van der Waals surface area contributed by atoms with E-state index in [0.717, 1.165) is 4.90 Å². The van der Waals surface area contributed by atoms with E-state index in [4.69, 9.17) is 5.26 Å². The maximum Gasteiger partial charge on any atom is 0.328 e. The maximum atomic E-state index is 11.8. The van der Waals surface area contributed by atoms with E-state index in [2.05, 4.69) is 5.32 Å². The number of hydrogen-bond donors (Lipinski definition) is 1. The van der Waals surface area contributed by atoms with Gasteiger partial charge in [-0.3, -0.25) is 4.79 Å². The Bertz CT molecular complexity index is 501. The van der Waals surface area contributed by atoms with E-state index in [1.807, 2.05) is 6.07 Å². The molecule has 1 aliphatic heterocycles. The van der Waals surface area contributed by atoms with Crippen molar-refractivity contribution in [2.75, 3.05) is 4.90 Å². The minimum Gasteiger partial charge on any atom is -0.334 e. The Balaban J connectivity index is 2.35. The predicted molar refractivity (Wildman–Crippen MR) is 61.3 cm³/mol. The molecule has 86 valence electrons. The summed E-state index contributed by atoms with van der Waals surface area (Å²) in [5.74, 6) is -0.253. The normalized spacial score (nSPS) is 19.8. The standard InChI is InChI=1S/C12H11N3O2/c1-8-5-11(16)15(12(17)14-8)10-4-2-3-9(6-10)7-13/h2-4,6,8H,5H2,1H3,(H,14,17). The minimum atomic E-state index is -0.441. The lowest BCUT2D eigenvalue weighted by atomic mass is 10.1. The third kappa shape index (κ3) is 2.11. The van der Waals surface area contributed by atoms with E-state index in [1.54, 1.807) is 25.1 Å². The van der Waals surface area contributed by atoms with Crippen molar-refractivity contribution in [3.8, 4) is 6.07 Å². The average molecular weight is 229 g/mol. The van der Waals surface area contributed by atoms with Crippen LogP contribution >= 0.6 is 0 Å². The van der Waals surface area contributed by atoms with Gasteiger partial charge in [0, 0.05) is 12.5 Å². The fourth-order valence-corrected chi connectivity index (χ4v) is 1.77.